The van der Waals surface area contributed by atoms with E-state index >= 15 is 0 Å². The smallest absolute Gasteiger partial charge is 0.355 e. The molecule has 0 spiro atoms. The maximum atomic E-state index is 14.9. The first-order valence-corrected chi connectivity index (χ1v) is 12.4. The van der Waals surface area contributed by atoms with Gasteiger partial charge in [0.1, 0.15) is 28.6 Å². The van der Waals surface area contributed by atoms with Crippen LogP contribution in [0.15, 0.2) is 77.4 Å². The summed E-state index contributed by atoms with van der Waals surface area (Å²) in [6, 6.07) is 12.1. The van der Waals surface area contributed by atoms with Crippen molar-refractivity contribution in [2.75, 3.05) is 0 Å². The van der Waals surface area contributed by atoms with Crippen LogP contribution in [-0.2, 0) is 18.9 Å². The van der Waals surface area contributed by atoms with Crippen molar-refractivity contribution >= 4 is 17.5 Å². The molecule has 0 aliphatic carbocycles. The summed E-state index contributed by atoms with van der Waals surface area (Å²) in [6.07, 6.45) is -9.35. The van der Waals surface area contributed by atoms with E-state index in [9.17, 15) is 39.9 Å². The molecule has 0 bridgehead atoms. The summed E-state index contributed by atoms with van der Waals surface area (Å²) in [5.74, 6) is -4.22. The highest BCUT2D eigenvalue weighted by molar-refractivity contribution is 6.33. The van der Waals surface area contributed by atoms with E-state index in [2.05, 4.69) is 15.6 Å². The molecule has 6 nitrogen and oxygen atoms in total. The van der Waals surface area contributed by atoms with Crippen LogP contribution in [0, 0.1) is 11.6 Å². The lowest BCUT2D eigenvalue weighted by Crippen LogP contribution is -2.25. The molecule has 0 aliphatic heterocycles. The number of aromatic nitrogens is 3. The molecule has 15 heteroatoms. The molecule has 5 rings (SSSR count). The van der Waals surface area contributed by atoms with Gasteiger partial charge in [0, 0.05) is 6.54 Å². The first kappa shape index (κ1) is 29.8. The van der Waals surface area contributed by atoms with E-state index in [0.717, 1.165) is 36.4 Å². The maximum absolute atomic E-state index is 14.9. The third-order valence-electron chi connectivity index (χ3n) is 6.24. The number of amides is 1. The Labute approximate surface area is 241 Å². The summed E-state index contributed by atoms with van der Waals surface area (Å²) in [4.78, 5) is 13.5. The summed E-state index contributed by atoms with van der Waals surface area (Å²) in [5.41, 5.74) is -6.41. The van der Waals surface area contributed by atoms with Gasteiger partial charge < -0.3 is 9.84 Å². The van der Waals surface area contributed by atoms with Crippen LogP contribution in [-0.4, -0.2) is 20.8 Å². The van der Waals surface area contributed by atoms with Gasteiger partial charge in [0.05, 0.1) is 27.9 Å². The number of halogens is 9. The average molecular weight is 627 g/mol. The van der Waals surface area contributed by atoms with Gasteiger partial charge in [0.2, 0.25) is 0 Å². The molecule has 1 amide bonds. The third kappa shape index (κ3) is 5.69. The Bertz CT molecular complexity index is 1810. The van der Waals surface area contributed by atoms with E-state index in [1.807, 2.05) is 0 Å². The molecule has 0 atom stereocenters. The third-order valence-corrected chi connectivity index (χ3v) is 6.56. The molecule has 1 N–H and O–H groups in total. The SMILES string of the molecule is O=C(NCc1ccccc1C(F)(F)F)c1c(-c2c(F)cccc2Cl)noc1-c1cnn(-c2ccccc2F)c1C(F)(F)F. The van der Waals surface area contributed by atoms with Crippen LogP contribution in [0.2, 0.25) is 5.02 Å². The highest BCUT2D eigenvalue weighted by atomic mass is 35.5. The van der Waals surface area contributed by atoms with Crippen LogP contribution >= 0.6 is 11.6 Å². The number of benzene rings is 3. The molecule has 2 heterocycles. The molecule has 222 valence electrons. The molecule has 43 heavy (non-hydrogen) atoms. The molecule has 0 radical (unpaired) electrons. The van der Waals surface area contributed by atoms with Gasteiger partial charge in [-0.05, 0) is 35.9 Å². The Kier molecular flexibility index (Phi) is 7.73. The van der Waals surface area contributed by atoms with Crippen molar-refractivity contribution in [2.45, 2.75) is 18.9 Å². The van der Waals surface area contributed by atoms with Crippen molar-refractivity contribution in [3.8, 4) is 28.3 Å². The lowest BCUT2D eigenvalue weighted by Gasteiger charge is -2.14. The highest BCUT2D eigenvalue weighted by Gasteiger charge is 2.42. The van der Waals surface area contributed by atoms with Crippen molar-refractivity contribution in [1.29, 1.82) is 0 Å². The second-order valence-electron chi connectivity index (χ2n) is 8.94. The van der Waals surface area contributed by atoms with Crippen molar-refractivity contribution < 1.29 is 44.4 Å². The number of alkyl halides is 6. The molecule has 0 unspecified atom stereocenters. The highest BCUT2D eigenvalue weighted by Crippen LogP contribution is 2.43. The van der Waals surface area contributed by atoms with Crippen LogP contribution in [0.1, 0.15) is 27.2 Å². The number of para-hydroxylation sites is 1. The Hall–Kier alpha value is -4.72. The summed E-state index contributed by atoms with van der Waals surface area (Å²) in [7, 11) is 0. The first-order valence-electron chi connectivity index (χ1n) is 12.1. The van der Waals surface area contributed by atoms with Gasteiger partial charge in [-0.15, -0.1) is 0 Å². The van der Waals surface area contributed by atoms with Gasteiger partial charge in [0.15, 0.2) is 11.5 Å². The Morgan fingerprint density at radius 2 is 1.56 bits per heavy atom. The number of carbonyl (C=O) groups excluding carboxylic acids is 1. The Morgan fingerprint density at radius 3 is 2.23 bits per heavy atom. The Morgan fingerprint density at radius 1 is 0.884 bits per heavy atom. The topological polar surface area (TPSA) is 73.0 Å². The summed E-state index contributed by atoms with van der Waals surface area (Å²) in [6.45, 7) is -0.732. The van der Waals surface area contributed by atoms with Crippen molar-refractivity contribution in [1.82, 2.24) is 20.3 Å². The fourth-order valence-electron chi connectivity index (χ4n) is 4.39. The van der Waals surface area contributed by atoms with Crippen molar-refractivity contribution in [3.05, 3.63) is 112 Å². The van der Waals surface area contributed by atoms with Gasteiger partial charge in [-0.1, -0.05) is 53.2 Å². The number of rotatable bonds is 6. The van der Waals surface area contributed by atoms with Gasteiger partial charge >= 0.3 is 12.4 Å². The molecular formula is C28H15ClF8N4O2. The van der Waals surface area contributed by atoms with Crippen molar-refractivity contribution in [2.24, 2.45) is 0 Å². The average Bonchev–Trinajstić information content (AvgIpc) is 3.57. The van der Waals surface area contributed by atoms with E-state index < -0.39 is 81.5 Å². The maximum Gasteiger partial charge on any atom is 0.434 e. The minimum absolute atomic E-state index is 0.240. The molecule has 0 fully saturated rings. The van der Waals surface area contributed by atoms with E-state index in [1.165, 1.54) is 30.3 Å². The molecule has 2 aromatic heterocycles. The second-order valence-corrected chi connectivity index (χ2v) is 9.34. The summed E-state index contributed by atoms with van der Waals surface area (Å²) in [5, 5.41) is 9.18. The number of carbonyl (C=O) groups is 1. The zero-order valence-electron chi connectivity index (χ0n) is 21.2. The monoisotopic (exact) mass is 626 g/mol. The Balaban J connectivity index is 1.69. The molecular weight excluding hydrogens is 612 g/mol. The van der Waals surface area contributed by atoms with E-state index in [1.54, 1.807) is 0 Å². The normalized spacial score (nSPS) is 12.0. The first-order chi connectivity index (χ1) is 20.3. The van der Waals surface area contributed by atoms with Crippen LogP contribution in [0.25, 0.3) is 28.3 Å². The van der Waals surface area contributed by atoms with Crippen LogP contribution in [0.4, 0.5) is 35.1 Å². The molecule has 0 saturated carbocycles. The molecule has 0 aliphatic rings. The van der Waals surface area contributed by atoms with Gasteiger partial charge in [-0.2, -0.15) is 31.4 Å². The number of hydrogen-bond donors (Lipinski definition) is 1. The standard InChI is InChI=1S/C28H15ClF8N4O2/c29-17-8-5-10-19(31)21(17)23-22(26(42)38-12-14-6-1-2-7-16(14)27(32,33)34)24(43-40-23)15-13-39-41(25(15)28(35,36)37)20-11-4-3-9-18(20)30/h1-11,13H,12H2,(H,38,42). The van der Waals surface area contributed by atoms with Crippen LogP contribution in [0.5, 0.6) is 0 Å². The predicted octanol–water partition coefficient (Wildman–Crippen LogP) is 8.09. The molecule has 0 saturated heterocycles. The van der Waals surface area contributed by atoms with Crippen LogP contribution in [0.3, 0.4) is 0 Å². The largest absolute Gasteiger partial charge is 0.434 e. The quantitative estimate of drug-likeness (QED) is 0.193. The lowest BCUT2D eigenvalue weighted by molar-refractivity contribution is -0.142. The van der Waals surface area contributed by atoms with Gasteiger partial charge in [-0.3, -0.25) is 4.79 Å². The van der Waals surface area contributed by atoms with E-state index in [0.29, 0.717) is 6.20 Å². The number of nitrogens with one attached hydrogen (secondary N) is 1. The number of nitrogens with zero attached hydrogens (tertiary/aromatic N) is 3. The second kappa shape index (κ2) is 11.2. The summed E-state index contributed by atoms with van der Waals surface area (Å²) >= 11 is 6.13. The van der Waals surface area contributed by atoms with Gasteiger partial charge in [0.25, 0.3) is 5.91 Å². The zero-order valence-corrected chi connectivity index (χ0v) is 22.0. The van der Waals surface area contributed by atoms with E-state index in [-0.39, 0.29) is 15.3 Å². The minimum atomic E-state index is -5.21. The fraction of sp³-hybridized carbons (Fsp3) is 0.107. The minimum Gasteiger partial charge on any atom is -0.355 e. The predicted molar refractivity (Wildman–Crippen MR) is 137 cm³/mol. The molecule has 5 aromatic rings. The summed E-state index contributed by atoms with van der Waals surface area (Å²) < 4.78 is 119. The molecule has 3 aromatic carbocycles. The van der Waals surface area contributed by atoms with Gasteiger partial charge in [-0.25, -0.2) is 13.5 Å². The fourth-order valence-corrected chi connectivity index (χ4v) is 4.64. The zero-order chi connectivity index (χ0) is 31.1. The lowest BCUT2D eigenvalue weighted by atomic mass is 10.0. The van der Waals surface area contributed by atoms with Crippen LogP contribution < -0.4 is 5.32 Å². The number of hydrogen-bond acceptors (Lipinski definition) is 4. The van der Waals surface area contributed by atoms with Crippen molar-refractivity contribution in [3.63, 3.8) is 0 Å². The van der Waals surface area contributed by atoms with E-state index in [4.69, 9.17) is 16.1 Å².